The molecule has 0 aliphatic carbocycles. The molecule has 82 valence electrons. The summed E-state index contributed by atoms with van der Waals surface area (Å²) in [7, 11) is 2.08. The molecule has 15 heavy (non-hydrogen) atoms. The summed E-state index contributed by atoms with van der Waals surface area (Å²) in [6.07, 6.45) is 0. The van der Waals surface area contributed by atoms with Crippen molar-refractivity contribution in [2.24, 2.45) is 5.73 Å². The van der Waals surface area contributed by atoms with E-state index in [1.165, 1.54) is 16.8 Å². The maximum Gasteiger partial charge on any atom is 0.0589 e. The minimum atomic E-state index is -0.157. The molecule has 0 saturated heterocycles. The van der Waals surface area contributed by atoms with Gasteiger partial charge in [-0.3, -0.25) is 0 Å². The van der Waals surface area contributed by atoms with Crippen LogP contribution in [0, 0.1) is 6.92 Å². The third-order valence-corrected chi connectivity index (χ3v) is 3.25. The Morgan fingerprint density at radius 2 is 2.33 bits per heavy atom. The second-order valence-electron chi connectivity index (χ2n) is 4.35. The normalized spacial score (nSPS) is 21.6. The summed E-state index contributed by atoms with van der Waals surface area (Å²) in [5, 5.41) is 9.13. The van der Waals surface area contributed by atoms with Crippen LogP contribution in [0.2, 0.25) is 0 Å². The zero-order chi connectivity index (χ0) is 11.0. The molecule has 1 aromatic rings. The van der Waals surface area contributed by atoms with Crippen LogP contribution in [0.1, 0.15) is 17.0 Å². The van der Waals surface area contributed by atoms with Gasteiger partial charge in [-0.2, -0.15) is 0 Å². The van der Waals surface area contributed by atoms with Gasteiger partial charge in [0.2, 0.25) is 0 Å². The van der Waals surface area contributed by atoms with Crippen molar-refractivity contribution in [1.82, 2.24) is 0 Å². The van der Waals surface area contributed by atoms with Crippen LogP contribution in [0.15, 0.2) is 18.2 Å². The average molecular weight is 206 g/mol. The van der Waals surface area contributed by atoms with Crippen LogP contribution in [-0.4, -0.2) is 31.3 Å². The molecule has 3 N–H and O–H groups in total. The SMILES string of the molecule is Cc1cccc2c1N(C)CC2C(N)CO. The highest BCUT2D eigenvalue weighted by Crippen LogP contribution is 2.38. The Kier molecular flexibility index (Phi) is 2.67. The number of benzene rings is 1. The first-order valence-electron chi connectivity index (χ1n) is 5.32. The molecular formula is C12H18N2O. The van der Waals surface area contributed by atoms with Gasteiger partial charge < -0.3 is 15.7 Å². The van der Waals surface area contributed by atoms with Crippen LogP contribution in [0.5, 0.6) is 0 Å². The van der Waals surface area contributed by atoms with Crippen molar-refractivity contribution in [2.75, 3.05) is 25.1 Å². The molecule has 1 aliphatic heterocycles. The highest BCUT2D eigenvalue weighted by atomic mass is 16.3. The number of likely N-dealkylation sites (N-methyl/N-ethyl adjacent to an activating group) is 1. The number of aliphatic hydroxyl groups is 1. The van der Waals surface area contributed by atoms with Crippen LogP contribution >= 0.6 is 0 Å². The summed E-state index contributed by atoms with van der Waals surface area (Å²) in [5.74, 6) is 0.259. The van der Waals surface area contributed by atoms with Gasteiger partial charge in [-0.05, 0) is 18.1 Å². The van der Waals surface area contributed by atoms with Crippen LogP contribution in [-0.2, 0) is 0 Å². The number of aliphatic hydroxyl groups excluding tert-OH is 1. The molecule has 0 saturated carbocycles. The lowest BCUT2D eigenvalue weighted by Gasteiger charge is -2.17. The molecule has 1 heterocycles. The first kappa shape index (κ1) is 10.5. The number of hydrogen-bond acceptors (Lipinski definition) is 3. The number of rotatable bonds is 2. The molecule has 2 rings (SSSR count). The summed E-state index contributed by atoms with van der Waals surface area (Å²) in [5.41, 5.74) is 9.77. The van der Waals surface area contributed by atoms with Gasteiger partial charge >= 0.3 is 0 Å². The van der Waals surface area contributed by atoms with E-state index in [4.69, 9.17) is 10.8 Å². The molecule has 0 radical (unpaired) electrons. The van der Waals surface area contributed by atoms with Crippen LogP contribution in [0.25, 0.3) is 0 Å². The highest BCUT2D eigenvalue weighted by molar-refractivity contribution is 5.64. The third kappa shape index (κ3) is 1.62. The van der Waals surface area contributed by atoms with Crippen molar-refractivity contribution < 1.29 is 5.11 Å². The fourth-order valence-corrected chi connectivity index (χ4v) is 2.48. The first-order valence-corrected chi connectivity index (χ1v) is 5.32. The topological polar surface area (TPSA) is 49.5 Å². The molecule has 0 spiro atoms. The summed E-state index contributed by atoms with van der Waals surface area (Å²) >= 11 is 0. The molecule has 1 aromatic carbocycles. The van der Waals surface area contributed by atoms with Gasteiger partial charge in [0.15, 0.2) is 0 Å². The molecule has 0 amide bonds. The maximum absolute atomic E-state index is 9.13. The Labute approximate surface area is 90.5 Å². The van der Waals surface area contributed by atoms with Crippen molar-refractivity contribution in [3.05, 3.63) is 29.3 Å². The lowest BCUT2D eigenvalue weighted by Crippen LogP contribution is -2.34. The van der Waals surface area contributed by atoms with E-state index in [9.17, 15) is 0 Å². The minimum Gasteiger partial charge on any atom is -0.395 e. The summed E-state index contributed by atoms with van der Waals surface area (Å²) in [6, 6.07) is 6.13. The molecule has 0 bridgehead atoms. The van der Waals surface area contributed by atoms with E-state index < -0.39 is 0 Å². The lowest BCUT2D eigenvalue weighted by molar-refractivity contribution is 0.251. The molecule has 2 unspecified atom stereocenters. The Bertz CT molecular complexity index is 365. The highest BCUT2D eigenvalue weighted by Gasteiger charge is 2.31. The number of hydrogen-bond donors (Lipinski definition) is 2. The van der Waals surface area contributed by atoms with Crippen molar-refractivity contribution in [1.29, 1.82) is 0 Å². The Morgan fingerprint density at radius 3 is 3.00 bits per heavy atom. The second kappa shape index (κ2) is 3.83. The van der Waals surface area contributed by atoms with Crippen LogP contribution < -0.4 is 10.6 Å². The van der Waals surface area contributed by atoms with Gasteiger partial charge in [0.25, 0.3) is 0 Å². The standard InChI is InChI=1S/C12H18N2O/c1-8-4-3-5-9-10(11(13)7-15)6-14(2)12(8)9/h3-5,10-11,15H,6-7,13H2,1-2H3. The predicted molar refractivity (Wildman–Crippen MR) is 62.3 cm³/mol. The molecular weight excluding hydrogens is 188 g/mol. The smallest absolute Gasteiger partial charge is 0.0589 e. The Hall–Kier alpha value is -1.06. The van der Waals surface area contributed by atoms with Gasteiger partial charge in [0, 0.05) is 31.2 Å². The van der Waals surface area contributed by atoms with Gasteiger partial charge in [-0.1, -0.05) is 18.2 Å². The summed E-state index contributed by atoms with van der Waals surface area (Å²) in [6.45, 7) is 3.07. The van der Waals surface area contributed by atoms with E-state index in [-0.39, 0.29) is 18.6 Å². The fourth-order valence-electron chi connectivity index (χ4n) is 2.48. The first-order chi connectivity index (χ1) is 7.15. The van der Waals surface area contributed by atoms with Crippen molar-refractivity contribution >= 4 is 5.69 Å². The predicted octanol–water partition coefficient (Wildman–Crippen LogP) is 0.848. The van der Waals surface area contributed by atoms with E-state index in [0.717, 1.165) is 6.54 Å². The van der Waals surface area contributed by atoms with Crippen LogP contribution in [0.3, 0.4) is 0 Å². The number of nitrogens with zero attached hydrogens (tertiary/aromatic N) is 1. The van der Waals surface area contributed by atoms with E-state index in [1.54, 1.807) is 0 Å². The van der Waals surface area contributed by atoms with E-state index in [2.05, 4.69) is 37.1 Å². The molecule has 0 aromatic heterocycles. The average Bonchev–Trinajstić information content (AvgIpc) is 2.56. The van der Waals surface area contributed by atoms with E-state index in [1.807, 2.05) is 0 Å². The summed E-state index contributed by atoms with van der Waals surface area (Å²) in [4.78, 5) is 2.23. The largest absolute Gasteiger partial charge is 0.395 e. The zero-order valence-corrected chi connectivity index (χ0v) is 9.27. The van der Waals surface area contributed by atoms with Crippen LogP contribution in [0.4, 0.5) is 5.69 Å². The Morgan fingerprint density at radius 1 is 1.60 bits per heavy atom. The molecule has 3 nitrogen and oxygen atoms in total. The van der Waals surface area contributed by atoms with E-state index >= 15 is 0 Å². The number of para-hydroxylation sites is 1. The number of nitrogens with two attached hydrogens (primary N) is 1. The van der Waals surface area contributed by atoms with Gasteiger partial charge in [-0.25, -0.2) is 0 Å². The van der Waals surface area contributed by atoms with Gasteiger partial charge in [-0.15, -0.1) is 0 Å². The fraction of sp³-hybridized carbons (Fsp3) is 0.500. The van der Waals surface area contributed by atoms with Crippen molar-refractivity contribution in [2.45, 2.75) is 18.9 Å². The number of aryl methyl sites for hydroxylation is 1. The molecule has 3 heteroatoms. The van der Waals surface area contributed by atoms with Crippen molar-refractivity contribution in [3.8, 4) is 0 Å². The minimum absolute atomic E-state index is 0.0475. The van der Waals surface area contributed by atoms with Gasteiger partial charge in [0.1, 0.15) is 0 Å². The molecule has 1 aliphatic rings. The van der Waals surface area contributed by atoms with Crippen molar-refractivity contribution in [3.63, 3.8) is 0 Å². The monoisotopic (exact) mass is 206 g/mol. The summed E-state index contributed by atoms with van der Waals surface area (Å²) < 4.78 is 0. The lowest BCUT2D eigenvalue weighted by atomic mass is 9.93. The molecule has 0 fully saturated rings. The van der Waals surface area contributed by atoms with Gasteiger partial charge in [0.05, 0.1) is 6.61 Å². The zero-order valence-electron chi connectivity index (χ0n) is 9.27. The second-order valence-corrected chi connectivity index (χ2v) is 4.35. The number of fused-ring (bicyclic) bond motifs is 1. The third-order valence-electron chi connectivity index (χ3n) is 3.25. The van der Waals surface area contributed by atoms with E-state index in [0.29, 0.717) is 0 Å². The maximum atomic E-state index is 9.13. The number of anilines is 1. The molecule has 2 atom stereocenters. The Balaban J connectivity index is 2.42. The quantitative estimate of drug-likeness (QED) is 0.754.